The topological polar surface area (TPSA) is 93.6 Å². The monoisotopic (exact) mass is 437 g/mol. The minimum Gasteiger partial charge on any atom is -0.369 e. The lowest BCUT2D eigenvalue weighted by atomic mass is 9.83. The van der Waals surface area contributed by atoms with Gasteiger partial charge in [-0.1, -0.05) is 18.2 Å². The number of aliphatic imine (C=N–C) groups is 1. The standard InChI is InChI=1S/C23H21F2N5O2/c1-29-21(32)23(28-22(29)26,17-12-18(14-31)30(13-17)10-4-8-24)16-6-2-5-15(11-16)19-7-3-9-27-20(19)25/h2-3,5-7,9,11-14H,4,8,10H2,1H3,(H2,26,28). The Morgan fingerprint density at radius 1 is 1.19 bits per heavy atom. The van der Waals surface area contributed by atoms with Crippen LogP contribution in [0.1, 0.15) is 28.0 Å². The van der Waals surface area contributed by atoms with Crippen molar-refractivity contribution in [2.45, 2.75) is 18.5 Å². The van der Waals surface area contributed by atoms with E-state index in [4.69, 9.17) is 5.73 Å². The maximum Gasteiger partial charge on any atom is 0.266 e. The lowest BCUT2D eigenvalue weighted by Crippen LogP contribution is -2.41. The number of likely N-dealkylation sites (N-methyl/N-ethyl adjacent to an activating group) is 1. The van der Waals surface area contributed by atoms with Crippen molar-refractivity contribution in [2.75, 3.05) is 13.7 Å². The number of rotatable bonds is 7. The van der Waals surface area contributed by atoms with Crippen molar-refractivity contribution in [1.82, 2.24) is 14.5 Å². The number of hydrogen-bond donors (Lipinski definition) is 1. The number of pyridine rings is 1. The minimum atomic E-state index is -1.56. The van der Waals surface area contributed by atoms with Crippen LogP contribution in [0.3, 0.4) is 0 Å². The second-order valence-electron chi connectivity index (χ2n) is 7.47. The molecule has 3 aromatic rings. The van der Waals surface area contributed by atoms with Crippen LogP contribution in [0.4, 0.5) is 8.78 Å². The van der Waals surface area contributed by atoms with Gasteiger partial charge in [-0.15, -0.1) is 0 Å². The van der Waals surface area contributed by atoms with Crippen molar-refractivity contribution in [3.05, 3.63) is 77.6 Å². The number of nitrogens with two attached hydrogens (primary N) is 1. The Morgan fingerprint density at radius 3 is 2.66 bits per heavy atom. The Hall–Kier alpha value is -3.88. The van der Waals surface area contributed by atoms with E-state index in [1.807, 2.05) is 0 Å². The summed E-state index contributed by atoms with van der Waals surface area (Å²) in [6, 6.07) is 11.5. The summed E-state index contributed by atoms with van der Waals surface area (Å²) in [6.07, 6.45) is 3.83. The van der Waals surface area contributed by atoms with E-state index in [1.54, 1.807) is 53.2 Å². The van der Waals surface area contributed by atoms with Gasteiger partial charge in [0.1, 0.15) is 0 Å². The van der Waals surface area contributed by atoms with E-state index >= 15 is 0 Å². The molecule has 32 heavy (non-hydrogen) atoms. The molecule has 2 aromatic heterocycles. The second kappa shape index (κ2) is 8.33. The zero-order valence-electron chi connectivity index (χ0n) is 17.3. The third kappa shape index (κ3) is 3.35. The molecule has 1 aliphatic heterocycles. The van der Waals surface area contributed by atoms with E-state index in [0.717, 1.165) is 0 Å². The summed E-state index contributed by atoms with van der Waals surface area (Å²) in [4.78, 5) is 34.5. The maximum absolute atomic E-state index is 14.3. The summed E-state index contributed by atoms with van der Waals surface area (Å²) in [6.45, 7) is -0.271. The van der Waals surface area contributed by atoms with E-state index in [1.165, 1.54) is 18.1 Å². The Labute approximate surface area is 183 Å². The van der Waals surface area contributed by atoms with Gasteiger partial charge in [0.25, 0.3) is 5.91 Å². The lowest BCUT2D eigenvalue weighted by Gasteiger charge is -2.25. The minimum absolute atomic E-state index is 0.0112. The first-order valence-corrected chi connectivity index (χ1v) is 9.99. The van der Waals surface area contributed by atoms with E-state index in [0.29, 0.717) is 28.7 Å². The Balaban J connectivity index is 1.92. The van der Waals surface area contributed by atoms with Crippen molar-refractivity contribution >= 4 is 18.2 Å². The molecule has 0 saturated carbocycles. The molecule has 3 heterocycles. The van der Waals surface area contributed by atoms with Gasteiger partial charge in [0.2, 0.25) is 5.95 Å². The molecular weight excluding hydrogens is 416 g/mol. The van der Waals surface area contributed by atoms with Crippen molar-refractivity contribution in [3.8, 4) is 11.1 Å². The molecule has 0 spiro atoms. The molecule has 0 fully saturated rings. The van der Waals surface area contributed by atoms with Gasteiger partial charge < -0.3 is 10.3 Å². The highest BCUT2D eigenvalue weighted by molar-refractivity contribution is 6.09. The number of aldehydes is 1. The lowest BCUT2D eigenvalue weighted by molar-refractivity contribution is -0.129. The van der Waals surface area contributed by atoms with Gasteiger partial charge in [-0.25, -0.2) is 9.98 Å². The van der Waals surface area contributed by atoms with Crippen LogP contribution in [-0.4, -0.2) is 46.3 Å². The molecule has 1 unspecified atom stereocenters. The number of halogens is 2. The predicted octanol–water partition coefficient (Wildman–Crippen LogP) is 2.89. The number of alkyl halides is 1. The Bertz CT molecular complexity index is 1220. The molecule has 4 rings (SSSR count). The highest BCUT2D eigenvalue weighted by Crippen LogP contribution is 2.41. The van der Waals surface area contributed by atoms with Crippen LogP contribution in [0.5, 0.6) is 0 Å². The van der Waals surface area contributed by atoms with Crippen LogP contribution in [0.25, 0.3) is 11.1 Å². The third-order valence-electron chi connectivity index (χ3n) is 5.59. The molecule has 1 atom stereocenters. The summed E-state index contributed by atoms with van der Waals surface area (Å²) >= 11 is 0. The van der Waals surface area contributed by atoms with Gasteiger partial charge in [-0.2, -0.15) is 4.39 Å². The smallest absolute Gasteiger partial charge is 0.266 e. The third-order valence-corrected chi connectivity index (χ3v) is 5.59. The summed E-state index contributed by atoms with van der Waals surface area (Å²) in [5.41, 5.74) is 6.39. The van der Waals surface area contributed by atoms with Crippen molar-refractivity contribution in [3.63, 3.8) is 0 Å². The average Bonchev–Trinajstić information content (AvgIpc) is 3.33. The van der Waals surface area contributed by atoms with Gasteiger partial charge in [0.05, 0.1) is 12.4 Å². The fourth-order valence-corrected chi connectivity index (χ4v) is 3.94. The van der Waals surface area contributed by atoms with Crippen LogP contribution in [0.2, 0.25) is 0 Å². The Kier molecular flexibility index (Phi) is 5.56. The summed E-state index contributed by atoms with van der Waals surface area (Å²) in [5.74, 6) is -1.05. The molecule has 0 saturated heterocycles. The number of hydrogen-bond acceptors (Lipinski definition) is 5. The first-order chi connectivity index (χ1) is 15.4. The number of carbonyl (C=O) groups is 2. The largest absolute Gasteiger partial charge is 0.369 e. The van der Waals surface area contributed by atoms with Crippen LogP contribution in [0.15, 0.2) is 59.9 Å². The first kappa shape index (κ1) is 21.4. The van der Waals surface area contributed by atoms with Gasteiger partial charge in [-0.3, -0.25) is 18.9 Å². The number of carbonyl (C=O) groups excluding carboxylic acids is 2. The van der Waals surface area contributed by atoms with Crippen LogP contribution in [0, 0.1) is 5.95 Å². The zero-order chi connectivity index (χ0) is 22.9. The van der Waals surface area contributed by atoms with Crippen molar-refractivity contribution in [2.24, 2.45) is 10.7 Å². The average molecular weight is 437 g/mol. The van der Waals surface area contributed by atoms with E-state index in [2.05, 4.69) is 9.98 Å². The normalized spacial score (nSPS) is 18.2. The summed E-state index contributed by atoms with van der Waals surface area (Å²) < 4.78 is 28.6. The van der Waals surface area contributed by atoms with Crippen LogP contribution >= 0.6 is 0 Å². The van der Waals surface area contributed by atoms with Crippen molar-refractivity contribution in [1.29, 1.82) is 0 Å². The molecule has 9 heteroatoms. The first-order valence-electron chi connectivity index (χ1n) is 9.99. The summed E-state index contributed by atoms with van der Waals surface area (Å²) in [7, 11) is 1.51. The molecule has 1 aliphatic rings. The molecule has 0 bridgehead atoms. The number of amides is 1. The van der Waals surface area contributed by atoms with Crippen LogP contribution < -0.4 is 5.73 Å². The van der Waals surface area contributed by atoms with E-state index in [9.17, 15) is 18.4 Å². The highest BCUT2D eigenvalue weighted by Gasteiger charge is 2.50. The van der Waals surface area contributed by atoms with Gasteiger partial charge in [-0.05, 0) is 41.8 Å². The van der Waals surface area contributed by atoms with E-state index in [-0.39, 0.29) is 24.5 Å². The highest BCUT2D eigenvalue weighted by atomic mass is 19.1. The maximum atomic E-state index is 14.3. The molecule has 0 radical (unpaired) electrons. The van der Waals surface area contributed by atoms with Gasteiger partial charge in [0, 0.05) is 37.1 Å². The van der Waals surface area contributed by atoms with Gasteiger partial charge in [0.15, 0.2) is 17.8 Å². The molecular formula is C23H21F2N5O2. The fourth-order valence-electron chi connectivity index (χ4n) is 3.94. The summed E-state index contributed by atoms with van der Waals surface area (Å²) in [5, 5.41) is 0. The fraction of sp³-hybridized carbons (Fsp3) is 0.217. The van der Waals surface area contributed by atoms with Crippen molar-refractivity contribution < 1.29 is 18.4 Å². The van der Waals surface area contributed by atoms with E-state index < -0.39 is 24.1 Å². The molecule has 164 valence electrons. The second-order valence-corrected chi connectivity index (χ2v) is 7.47. The zero-order valence-corrected chi connectivity index (χ0v) is 17.3. The van der Waals surface area contributed by atoms with Gasteiger partial charge >= 0.3 is 0 Å². The molecule has 2 N–H and O–H groups in total. The molecule has 7 nitrogen and oxygen atoms in total. The predicted molar refractivity (Wildman–Crippen MR) is 115 cm³/mol. The SMILES string of the molecule is CN1C(=O)C(c2cccc(-c3cccnc3F)c2)(c2cc(C=O)n(CCCF)c2)N=C1N. The Morgan fingerprint density at radius 2 is 2.00 bits per heavy atom. The number of nitrogens with zero attached hydrogens (tertiary/aromatic N) is 4. The quantitative estimate of drug-likeness (QED) is 0.454. The molecule has 0 aliphatic carbocycles. The number of guanidine groups is 1. The molecule has 1 amide bonds. The number of aromatic nitrogens is 2. The number of benzene rings is 1. The molecule has 1 aromatic carbocycles. The van der Waals surface area contributed by atoms with Crippen LogP contribution in [-0.2, 0) is 16.9 Å². The number of aryl methyl sites for hydroxylation is 1.